The lowest BCUT2D eigenvalue weighted by atomic mass is 9.72. The van der Waals surface area contributed by atoms with E-state index >= 15 is 0 Å². The summed E-state index contributed by atoms with van der Waals surface area (Å²) in [6.07, 6.45) is 6.54. The summed E-state index contributed by atoms with van der Waals surface area (Å²) < 4.78 is 6.15. The summed E-state index contributed by atoms with van der Waals surface area (Å²) in [5.74, 6) is 0.747. The fraction of sp³-hybridized carbons (Fsp3) is 0.611. The molecule has 0 aromatic heterocycles. The van der Waals surface area contributed by atoms with Crippen LogP contribution in [0.3, 0.4) is 0 Å². The lowest BCUT2D eigenvalue weighted by Crippen LogP contribution is -2.49. The molecule has 0 bridgehead atoms. The van der Waals surface area contributed by atoms with E-state index in [4.69, 9.17) is 4.74 Å². The van der Waals surface area contributed by atoms with Gasteiger partial charge in [0.1, 0.15) is 0 Å². The van der Waals surface area contributed by atoms with Gasteiger partial charge in [-0.25, -0.2) is 0 Å². The van der Waals surface area contributed by atoms with E-state index in [1.807, 2.05) is 0 Å². The van der Waals surface area contributed by atoms with Gasteiger partial charge in [-0.15, -0.1) is 0 Å². The van der Waals surface area contributed by atoms with Gasteiger partial charge in [0.05, 0.1) is 5.60 Å². The zero-order chi connectivity index (χ0) is 14.7. The SMILES string of the molecule is CC(=O)N[C@H]1CCOC2(CCC(c3ccccc3)CC2)C1. The zero-order valence-electron chi connectivity index (χ0n) is 12.8. The highest BCUT2D eigenvalue weighted by Crippen LogP contribution is 2.44. The number of carbonyl (C=O) groups excluding carboxylic acids is 1. The predicted octanol–water partition coefficient (Wildman–Crippen LogP) is 3.40. The lowest BCUT2D eigenvalue weighted by Gasteiger charge is -2.45. The van der Waals surface area contributed by atoms with Crippen LogP contribution in [0.1, 0.15) is 56.9 Å². The van der Waals surface area contributed by atoms with Crippen LogP contribution in [0.25, 0.3) is 0 Å². The highest BCUT2D eigenvalue weighted by molar-refractivity contribution is 5.73. The number of hydrogen-bond donors (Lipinski definition) is 1. The van der Waals surface area contributed by atoms with Crippen molar-refractivity contribution in [3.05, 3.63) is 35.9 Å². The number of hydrogen-bond acceptors (Lipinski definition) is 2. The fourth-order valence-corrected chi connectivity index (χ4v) is 3.99. The highest BCUT2D eigenvalue weighted by atomic mass is 16.5. The third-order valence-electron chi connectivity index (χ3n) is 5.07. The molecule has 1 amide bonds. The van der Waals surface area contributed by atoms with Gasteiger partial charge in [-0.2, -0.15) is 0 Å². The van der Waals surface area contributed by atoms with E-state index in [2.05, 4.69) is 35.6 Å². The van der Waals surface area contributed by atoms with E-state index < -0.39 is 0 Å². The van der Waals surface area contributed by atoms with E-state index in [-0.39, 0.29) is 11.5 Å². The smallest absolute Gasteiger partial charge is 0.217 e. The minimum atomic E-state index is 0.0106. The molecule has 0 radical (unpaired) electrons. The van der Waals surface area contributed by atoms with Crippen molar-refractivity contribution in [1.82, 2.24) is 5.32 Å². The summed E-state index contributed by atoms with van der Waals surface area (Å²) in [5.41, 5.74) is 1.47. The van der Waals surface area contributed by atoms with Crippen LogP contribution < -0.4 is 5.32 Å². The van der Waals surface area contributed by atoms with Gasteiger partial charge in [-0.05, 0) is 50.0 Å². The molecule has 1 saturated carbocycles. The molecule has 21 heavy (non-hydrogen) atoms. The van der Waals surface area contributed by atoms with Gasteiger partial charge >= 0.3 is 0 Å². The third kappa shape index (κ3) is 3.46. The predicted molar refractivity (Wildman–Crippen MR) is 83.2 cm³/mol. The first-order valence-corrected chi connectivity index (χ1v) is 8.13. The molecule has 1 heterocycles. The van der Waals surface area contributed by atoms with Crippen LogP contribution >= 0.6 is 0 Å². The van der Waals surface area contributed by atoms with E-state index in [0.29, 0.717) is 12.0 Å². The van der Waals surface area contributed by atoms with Crippen molar-refractivity contribution in [2.24, 2.45) is 0 Å². The monoisotopic (exact) mass is 287 g/mol. The average molecular weight is 287 g/mol. The molecule has 2 fully saturated rings. The molecule has 1 N–H and O–H groups in total. The van der Waals surface area contributed by atoms with Gasteiger partial charge in [-0.1, -0.05) is 30.3 Å². The van der Waals surface area contributed by atoms with Gasteiger partial charge in [-0.3, -0.25) is 4.79 Å². The van der Waals surface area contributed by atoms with Crippen LogP contribution in [0.4, 0.5) is 0 Å². The second-order valence-corrected chi connectivity index (χ2v) is 6.61. The summed E-state index contributed by atoms with van der Waals surface area (Å²) in [6, 6.07) is 11.1. The largest absolute Gasteiger partial charge is 0.375 e. The molecular formula is C18H25NO2. The van der Waals surface area contributed by atoms with E-state index in [0.717, 1.165) is 32.3 Å². The molecule has 114 valence electrons. The summed E-state index contributed by atoms with van der Waals surface area (Å²) in [6.45, 7) is 2.38. The van der Waals surface area contributed by atoms with Crippen molar-refractivity contribution in [2.45, 2.75) is 63.0 Å². The molecule has 3 heteroatoms. The minimum absolute atomic E-state index is 0.0106. The minimum Gasteiger partial charge on any atom is -0.375 e. The zero-order valence-corrected chi connectivity index (χ0v) is 12.8. The summed E-state index contributed by atoms with van der Waals surface area (Å²) >= 11 is 0. The van der Waals surface area contributed by atoms with Gasteiger partial charge in [0.15, 0.2) is 0 Å². The molecule has 3 rings (SSSR count). The van der Waals surface area contributed by atoms with Crippen LogP contribution in [0, 0.1) is 0 Å². The number of amides is 1. The quantitative estimate of drug-likeness (QED) is 0.905. The van der Waals surface area contributed by atoms with Crippen LogP contribution in [0.15, 0.2) is 30.3 Å². The number of carbonyl (C=O) groups is 1. The molecular weight excluding hydrogens is 262 g/mol. The first-order valence-electron chi connectivity index (χ1n) is 8.13. The van der Waals surface area contributed by atoms with Crippen molar-refractivity contribution in [3.63, 3.8) is 0 Å². The standard InChI is InChI=1S/C18H25NO2/c1-14(20)19-17-9-12-21-18(13-17)10-7-16(8-11-18)15-5-3-2-4-6-15/h2-6,16-17H,7-13H2,1H3,(H,19,20)/t16?,17-,18?/m0/s1. The first kappa shape index (κ1) is 14.6. The summed E-state index contributed by atoms with van der Waals surface area (Å²) in [5, 5.41) is 3.08. The Balaban J connectivity index is 1.60. The molecule has 1 aromatic carbocycles. The molecule has 1 saturated heterocycles. The third-order valence-corrected chi connectivity index (χ3v) is 5.07. The molecule has 1 aliphatic heterocycles. The Morgan fingerprint density at radius 3 is 2.57 bits per heavy atom. The van der Waals surface area contributed by atoms with Crippen molar-refractivity contribution in [3.8, 4) is 0 Å². The van der Waals surface area contributed by atoms with E-state index in [9.17, 15) is 4.79 Å². The van der Waals surface area contributed by atoms with Crippen molar-refractivity contribution in [1.29, 1.82) is 0 Å². The summed E-state index contributed by atoms with van der Waals surface area (Å²) in [7, 11) is 0. The van der Waals surface area contributed by atoms with E-state index in [1.54, 1.807) is 6.92 Å². The molecule has 1 atom stereocenters. The second kappa shape index (κ2) is 6.18. The Bertz CT molecular complexity index is 477. The molecule has 2 aliphatic rings. The molecule has 1 spiro atoms. The average Bonchev–Trinajstić information content (AvgIpc) is 2.48. The topological polar surface area (TPSA) is 38.3 Å². The van der Waals surface area contributed by atoms with Crippen molar-refractivity contribution < 1.29 is 9.53 Å². The van der Waals surface area contributed by atoms with Gasteiger partial charge in [0.25, 0.3) is 0 Å². The summed E-state index contributed by atoms with van der Waals surface area (Å²) in [4.78, 5) is 11.3. The van der Waals surface area contributed by atoms with Gasteiger partial charge < -0.3 is 10.1 Å². The normalized spacial score (nSPS) is 32.8. The Hall–Kier alpha value is -1.35. The molecule has 1 aromatic rings. The Morgan fingerprint density at radius 1 is 1.19 bits per heavy atom. The van der Waals surface area contributed by atoms with Crippen LogP contribution in [-0.4, -0.2) is 24.2 Å². The maximum Gasteiger partial charge on any atom is 0.217 e. The molecule has 3 nitrogen and oxygen atoms in total. The second-order valence-electron chi connectivity index (χ2n) is 6.61. The lowest BCUT2D eigenvalue weighted by molar-refractivity contribution is -0.127. The van der Waals surface area contributed by atoms with E-state index in [1.165, 1.54) is 18.4 Å². The Labute approximate surface area is 127 Å². The molecule has 1 aliphatic carbocycles. The highest BCUT2D eigenvalue weighted by Gasteiger charge is 2.41. The van der Waals surface area contributed by atoms with Crippen molar-refractivity contribution >= 4 is 5.91 Å². The van der Waals surface area contributed by atoms with Crippen LogP contribution in [0.2, 0.25) is 0 Å². The van der Waals surface area contributed by atoms with Crippen LogP contribution in [0.5, 0.6) is 0 Å². The fourth-order valence-electron chi connectivity index (χ4n) is 3.99. The maximum atomic E-state index is 11.3. The maximum absolute atomic E-state index is 11.3. The Morgan fingerprint density at radius 2 is 1.90 bits per heavy atom. The number of rotatable bonds is 2. The Kier molecular flexibility index (Phi) is 4.29. The number of ether oxygens (including phenoxy) is 1. The van der Waals surface area contributed by atoms with Crippen LogP contribution in [-0.2, 0) is 9.53 Å². The number of benzene rings is 1. The molecule has 0 unspecified atom stereocenters. The number of nitrogens with one attached hydrogen (secondary N) is 1. The van der Waals surface area contributed by atoms with Crippen molar-refractivity contribution in [2.75, 3.05) is 6.61 Å². The van der Waals surface area contributed by atoms with Gasteiger partial charge in [0, 0.05) is 19.6 Å². The first-order chi connectivity index (χ1) is 10.2. The van der Waals surface area contributed by atoms with Gasteiger partial charge in [0.2, 0.25) is 5.91 Å².